The maximum absolute atomic E-state index is 10.2. The minimum atomic E-state index is -0.529. The molecular weight excluding hydrogens is 228 g/mol. The summed E-state index contributed by atoms with van der Waals surface area (Å²) >= 11 is 0. The van der Waals surface area contributed by atoms with Gasteiger partial charge in [-0.2, -0.15) is 0 Å². The Bertz CT molecular complexity index is 384. The zero-order valence-electron chi connectivity index (χ0n) is 10.6. The predicted molar refractivity (Wildman–Crippen MR) is 72.1 cm³/mol. The molecule has 4 nitrogen and oxygen atoms in total. The SMILES string of the molecule is Nc1ccccc1C(O)CN1CCC(CCO)C1. The highest BCUT2D eigenvalue weighted by atomic mass is 16.3. The molecule has 2 rings (SSSR count). The Kier molecular flexibility index (Phi) is 4.58. The van der Waals surface area contributed by atoms with E-state index in [1.807, 2.05) is 24.3 Å². The van der Waals surface area contributed by atoms with Gasteiger partial charge in [0.2, 0.25) is 0 Å². The molecule has 1 heterocycles. The molecule has 2 atom stereocenters. The van der Waals surface area contributed by atoms with Crippen LogP contribution in [-0.2, 0) is 0 Å². The second kappa shape index (κ2) is 6.18. The van der Waals surface area contributed by atoms with Crippen LogP contribution in [0.25, 0.3) is 0 Å². The third kappa shape index (κ3) is 3.22. The number of hydrogen-bond donors (Lipinski definition) is 3. The number of rotatable bonds is 5. The van der Waals surface area contributed by atoms with Crippen LogP contribution in [0.15, 0.2) is 24.3 Å². The van der Waals surface area contributed by atoms with Crippen LogP contribution in [0.2, 0.25) is 0 Å². The number of anilines is 1. The van der Waals surface area contributed by atoms with Crippen molar-refractivity contribution < 1.29 is 10.2 Å². The number of aliphatic hydroxyl groups excluding tert-OH is 2. The minimum Gasteiger partial charge on any atom is -0.398 e. The number of aliphatic hydroxyl groups is 2. The molecule has 0 aromatic heterocycles. The van der Waals surface area contributed by atoms with Crippen LogP contribution in [0.4, 0.5) is 5.69 Å². The lowest BCUT2D eigenvalue weighted by molar-refractivity contribution is 0.123. The molecule has 0 spiro atoms. The third-order valence-corrected chi connectivity index (χ3v) is 3.69. The number of nitrogen functional groups attached to an aromatic ring is 1. The number of β-amino-alcohol motifs (C(OH)–C–C–N with tert-alkyl or cyclic N) is 1. The molecule has 0 radical (unpaired) electrons. The Labute approximate surface area is 108 Å². The van der Waals surface area contributed by atoms with Gasteiger partial charge in [0.1, 0.15) is 0 Å². The third-order valence-electron chi connectivity index (χ3n) is 3.69. The van der Waals surface area contributed by atoms with Crippen LogP contribution < -0.4 is 5.73 Å². The Hall–Kier alpha value is -1.10. The molecule has 1 aliphatic rings. The number of hydrogen-bond acceptors (Lipinski definition) is 4. The van der Waals surface area contributed by atoms with Crippen molar-refractivity contribution in [1.29, 1.82) is 0 Å². The average Bonchev–Trinajstić information content (AvgIpc) is 2.77. The van der Waals surface area contributed by atoms with Gasteiger partial charge in [-0.1, -0.05) is 18.2 Å². The molecule has 1 aromatic rings. The minimum absolute atomic E-state index is 0.257. The molecule has 2 unspecified atom stereocenters. The van der Waals surface area contributed by atoms with Gasteiger partial charge in [0, 0.05) is 30.9 Å². The fourth-order valence-electron chi connectivity index (χ4n) is 2.65. The summed E-state index contributed by atoms with van der Waals surface area (Å²) < 4.78 is 0. The van der Waals surface area contributed by atoms with E-state index < -0.39 is 6.10 Å². The highest BCUT2D eigenvalue weighted by Crippen LogP contribution is 2.25. The smallest absolute Gasteiger partial charge is 0.0936 e. The molecule has 1 aromatic carbocycles. The van der Waals surface area contributed by atoms with Crippen LogP contribution in [0.3, 0.4) is 0 Å². The summed E-state index contributed by atoms with van der Waals surface area (Å²) in [7, 11) is 0. The van der Waals surface area contributed by atoms with Crippen molar-refractivity contribution in [2.45, 2.75) is 18.9 Å². The second-order valence-electron chi connectivity index (χ2n) is 5.07. The van der Waals surface area contributed by atoms with Crippen LogP contribution in [-0.4, -0.2) is 41.4 Å². The van der Waals surface area contributed by atoms with E-state index in [1.165, 1.54) is 0 Å². The summed E-state index contributed by atoms with van der Waals surface area (Å²) in [6.07, 6.45) is 1.44. The van der Waals surface area contributed by atoms with Gasteiger partial charge in [0.05, 0.1) is 6.10 Å². The highest BCUT2D eigenvalue weighted by molar-refractivity contribution is 5.47. The number of nitrogens with two attached hydrogens (primary N) is 1. The first kappa shape index (κ1) is 13.3. The Morgan fingerprint density at radius 3 is 2.89 bits per heavy atom. The quantitative estimate of drug-likeness (QED) is 0.682. The zero-order chi connectivity index (χ0) is 13.0. The fourth-order valence-corrected chi connectivity index (χ4v) is 2.65. The summed E-state index contributed by atoms with van der Waals surface area (Å²) in [4.78, 5) is 2.25. The zero-order valence-corrected chi connectivity index (χ0v) is 10.6. The summed E-state index contributed by atoms with van der Waals surface area (Å²) in [5.41, 5.74) is 7.32. The molecule has 0 bridgehead atoms. The standard InChI is InChI=1S/C14H22N2O2/c15-13-4-2-1-3-12(13)14(18)10-16-7-5-11(9-16)6-8-17/h1-4,11,14,17-18H,5-10,15H2. The van der Waals surface area contributed by atoms with E-state index in [4.69, 9.17) is 10.8 Å². The van der Waals surface area contributed by atoms with Gasteiger partial charge in [-0.05, 0) is 31.4 Å². The molecule has 1 fully saturated rings. The summed E-state index contributed by atoms with van der Waals surface area (Å²) in [5.74, 6) is 0.565. The van der Waals surface area contributed by atoms with E-state index >= 15 is 0 Å². The van der Waals surface area contributed by atoms with Crippen molar-refractivity contribution in [2.24, 2.45) is 5.92 Å². The lowest BCUT2D eigenvalue weighted by atomic mass is 10.1. The van der Waals surface area contributed by atoms with E-state index in [0.717, 1.165) is 31.5 Å². The first-order valence-corrected chi connectivity index (χ1v) is 6.56. The Morgan fingerprint density at radius 2 is 2.17 bits per heavy atom. The molecule has 0 aliphatic carbocycles. The van der Waals surface area contributed by atoms with Gasteiger partial charge in [-0.15, -0.1) is 0 Å². The second-order valence-corrected chi connectivity index (χ2v) is 5.07. The van der Waals surface area contributed by atoms with E-state index in [1.54, 1.807) is 0 Å². The molecule has 100 valence electrons. The summed E-state index contributed by atoms with van der Waals surface area (Å²) in [6, 6.07) is 7.46. The van der Waals surface area contributed by atoms with Crippen molar-refractivity contribution in [3.8, 4) is 0 Å². The van der Waals surface area contributed by atoms with E-state index in [2.05, 4.69) is 4.90 Å². The molecule has 4 heteroatoms. The van der Waals surface area contributed by atoms with Crippen LogP contribution in [0.1, 0.15) is 24.5 Å². The van der Waals surface area contributed by atoms with Crippen LogP contribution in [0, 0.1) is 5.92 Å². The van der Waals surface area contributed by atoms with Gasteiger partial charge in [0.15, 0.2) is 0 Å². The van der Waals surface area contributed by atoms with Gasteiger partial charge in [0.25, 0.3) is 0 Å². The number of para-hydroxylation sites is 1. The van der Waals surface area contributed by atoms with E-state index in [9.17, 15) is 5.11 Å². The summed E-state index contributed by atoms with van der Waals surface area (Å²) in [5, 5.41) is 19.1. The first-order chi connectivity index (χ1) is 8.70. The van der Waals surface area contributed by atoms with Crippen molar-refractivity contribution in [3.63, 3.8) is 0 Å². The number of likely N-dealkylation sites (tertiary alicyclic amines) is 1. The van der Waals surface area contributed by atoms with Gasteiger partial charge in [-0.3, -0.25) is 0 Å². The fraction of sp³-hybridized carbons (Fsp3) is 0.571. The molecule has 0 amide bonds. The van der Waals surface area contributed by atoms with Gasteiger partial charge in [-0.25, -0.2) is 0 Å². The first-order valence-electron chi connectivity index (χ1n) is 6.56. The normalized spacial score (nSPS) is 22.2. The lowest BCUT2D eigenvalue weighted by Gasteiger charge is -2.21. The van der Waals surface area contributed by atoms with Crippen LogP contribution >= 0.6 is 0 Å². The highest BCUT2D eigenvalue weighted by Gasteiger charge is 2.24. The number of benzene rings is 1. The van der Waals surface area contributed by atoms with Crippen molar-refractivity contribution in [1.82, 2.24) is 4.90 Å². The maximum atomic E-state index is 10.2. The average molecular weight is 250 g/mol. The molecule has 18 heavy (non-hydrogen) atoms. The molecule has 4 N–H and O–H groups in total. The van der Waals surface area contributed by atoms with Crippen molar-refractivity contribution >= 4 is 5.69 Å². The molecule has 1 saturated heterocycles. The maximum Gasteiger partial charge on any atom is 0.0936 e. The van der Waals surface area contributed by atoms with Gasteiger partial charge >= 0.3 is 0 Å². The van der Waals surface area contributed by atoms with Gasteiger partial charge < -0.3 is 20.8 Å². The van der Waals surface area contributed by atoms with Crippen molar-refractivity contribution in [3.05, 3.63) is 29.8 Å². The topological polar surface area (TPSA) is 69.7 Å². The van der Waals surface area contributed by atoms with E-state index in [0.29, 0.717) is 18.2 Å². The van der Waals surface area contributed by atoms with Crippen LogP contribution in [0.5, 0.6) is 0 Å². The largest absolute Gasteiger partial charge is 0.398 e. The molecule has 0 saturated carbocycles. The number of nitrogens with zero attached hydrogens (tertiary/aromatic N) is 1. The van der Waals surface area contributed by atoms with E-state index in [-0.39, 0.29) is 6.61 Å². The summed E-state index contributed by atoms with van der Waals surface area (Å²) in [6.45, 7) is 2.83. The molecular formula is C14H22N2O2. The Balaban J connectivity index is 1.89. The lowest BCUT2D eigenvalue weighted by Crippen LogP contribution is -2.27. The molecule has 1 aliphatic heterocycles. The Morgan fingerprint density at radius 1 is 1.39 bits per heavy atom. The predicted octanol–water partition coefficient (Wildman–Crippen LogP) is 1.01. The van der Waals surface area contributed by atoms with Crippen molar-refractivity contribution in [2.75, 3.05) is 32.0 Å². The monoisotopic (exact) mass is 250 g/mol.